The highest BCUT2D eigenvalue weighted by Gasteiger charge is 2.11. The smallest absolute Gasteiger partial charge is 0.158 e. The Balaban J connectivity index is 1.69. The lowest BCUT2D eigenvalue weighted by Gasteiger charge is -2.05. The highest BCUT2D eigenvalue weighted by Crippen LogP contribution is 2.17. The number of fused-ring (bicyclic) bond motifs is 1. The third-order valence-electron chi connectivity index (χ3n) is 3.66. The number of hydrogen-bond donors (Lipinski definition) is 2. The van der Waals surface area contributed by atoms with E-state index in [9.17, 15) is 0 Å². The number of nitrogens with one attached hydrogen (secondary N) is 2. The lowest BCUT2D eigenvalue weighted by molar-refractivity contribution is 0.128. The summed E-state index contributed by atoms with van der Waals surface area (Å²) in [6.07, 6.45) is 6.90. The summed E-state index contributed by atoms with van der Waals surface area (Å²) in [5, 5.41) is 5.43. The number of aromatic amines is 2. The number of imidazole rings is 1. The van der Waals surface area contributed by atoms with Gasteiger partial charge in [0.05, 0.1) is 35.6 Å². The summed E-state index contributed by atoms with van der Waals surface area (Å²) in [6.45, 7) is 0.331. The van der Waals surface area contributed by atoms with Crippen LogP contribution in [-0.4, -0.2) is 25.6 Å². The monoisotopic (exact) mass is 317 g/mol. The molecule has 118 valence electrons. The molecule has 4 aromatic rings. The third-order valence-corrected chi connectivity index (χ3v) is 3.66. The highest BCUT2D eigenvalue weighted by atomic mass is 16.6. The van der Waals surface area contributed by atoms with Crippen LogP contribution in [0.3, 0.4) is 0 Å². The van der Waals surface area contributed by atoms with Crippen molar-refractivity contribution < 1.29 is 4.84 Å². The van der Waals surface area contributed by atoms with Gasteiger partial charge in [0, 0.05) is 17.1 Å². The Labute approximate surface area is 138 Å². The van der Waals surface area contributed by atoms with E-state index in [1.807, 2.05) is 42.5 Å². The molecule has 0 fully saturated rings. The number of rotatable bonds is 5. The maximum Gasteiger partial charge on any atom is 0.158 e. The minimum absolute atomic E-state index is 0.331. The molecule has 0 radical (unpaired) electrons. The Morgan fingerprint density at radius 2 is 2.00 bits per heavy atom. The first-order valence-corrected chi connectivity index (χ1v) is 7.56. The standard InChI is InChI=1S/C18H15N5O/c1-2-4-13(5-3-1)18(23-24-11-15-9-20-12-21-15)16-8-14-6-7-19-10-17(14)22-16/h1-10,12,22H,11H2,(H,20,21). The number of pyridine rings is 1. The quantitative estimate of drug-likeness (QED) is 0.438. The summed E-state index contributed by atoms with van der Waals surface area (Å²) in [5.74, 6) is 0. The Morgan fingerprint density at radius 1 is 1.08 bits per heavy atom. The second-order valence-corrected chi connectivity index (χ2v) is 5.30. The Hall–Kier alpha value is -3.41. The zero-order valence-electron chi connectivity index (χ0n) is 12.8. The zero-order chi connectivity index (χ0) is 16.2. The molecule has 0 aliphatic rings. The summed E-state index contributed by atoms with van der Waals surface area (Å²) in [6, 6.07) is 13.9. The van der Waals surface area contributed by atoms with Gasteiger partial charge in [0.1, 0.15) is 5.71 Å². The normalized spacial score (nSPS) is 11.8. The summed E-state index contributed by atoms with van der Waals surface area (Å²) in [7, 11) is 0. The SMILES string of the molecule is c1ccc(C(=NOCc2cnc[nH]2)c2cc3ccncc3[nH]2)cc1. The molecule has 0 saturated carbocycles. The van der Waals surface area contributed by atoms with Crippen LogP contribution in [0, 0.1) is 0 Å². The van der Waals surface area contributed by atoms with Crippen LogP contribution in [0.25, 0.3) is 10.9 Å². The highest BCUT2D eigenvalue weighted by molar-refractivity contribution is 6.13. The molecule has 1 aromatic carbocycles. The third kappa shape index (κ3) is 2.89. The van der Waals surface area contributed by atoms with Crippen molar-refractivity contribution in [1.82, 2.24) is 19.9 Å². The molecule has 6 heteroatoms. The molecule has 3 heterocycles. The molecular formula is C18H15N5O. The maximum atomic E-state index is 5.53. The van der Waals surface area contributed by atoms with Crippen LogP contribution < -0.4 is 0 Å². The molecule has 3 aromatic heterocycles. The molecule has 0 atom stereocenters. The van der Waals surface area contributed by atoms with Gasteiger partial charge in [-0.05, 0) is 12.1 Å². The van der Waals surface area contributed by atoms with Gasteiger partial charge in [0.25, 0.3) is 0 Å². The molecule has 6 nitrogen and oxygen atoms in total. The van der Waals surface area contributed by atoms with Gasteiger partial charge < -0.3 is 14.8 Å². The average Bonchev–Trinajstić information content (AvgIpc) is 3.28. The second-order valence-electron chi connectivity index (χ2n) is 5.30. The number of nitrogens with zero attached hydrogens (tertiary/aromatic N) is 3. The van der Waals surface area contributed by atoms with Crippen LogP contribution in [0.4, 0.5) is 0 Å². The number of benzene rings is 1. The van der Waals surface area contributed by atoms with Crippen molar-refractivity contribution >= 4 is 16.6 Å². The van der Waals surface area contributed by atoms with E-state index in [1.54, 1.807) is 24.9 Å². The van der Waals surface area contributed by atoms with Crippen molar-refractivity contribution in [2.75, 3.05) is 0 Å². The van der Waals surface area contributed by atoms with Gasteiger partial charge in [-0.25, -0.2) is 4.98 Å². The predicted molar refractivity (Wildman–Crippen MR) is 91.6 cm³/mol. The lowest BCUT2D eigenvalue weighted by atomic mass is 10.1. The summed E-state index contributed by atoms with van der Waals surface area (Å²) in [4.78, 5) is 20.0. The van der Waals surface area contributed by atoms with E-state index in [0.717, 1.165) is 33.6 Å². The first kappa shape index (κ1) is 14.2. The van der Waals surface area contributed by atoms with E-state index in [-0.39, 0.29) is 0 Å². The van der Waals surface area contributed by atoms with Gasteiger partial charge in [0.15, 0.2) is 6.61 Å². The van der Waals surface area contributed by atoms with Crippen LogP contribution in [0.2, 0.25) is 0 Å². The molecule has 0 aliphatic heterocycles. The fourth-order valence-corrected chi connectivity index (χ4v) is 2.48. The molecule has 24 heavy (non-hydrogen) atoms. The molecule has 2 N–H and O–H groups in total. The second kappa shape index (κ2) is 6.37. The van der Waals surface area contributed by atoms with Gasteiger partial charge >= 0.3 is 0 Å². The van der Waals surface area contributed by atoms with Crippen LogP contribution >= 0.6 is 0 Å². The van der Waals surface area contributed by atoms with Crippen LogP contribution in [0.1, 0.15) is 17.0 Å². The van der Waals surface area contributed by atoms with Gasteiger partial charge in [-0.15, -0.1) is 0 Å². The van der Waals surface area contributed by atoms with Crippen LogP contribution in [-0.2, 0) is 11.4 Å². The topological polar surface area (TPSA) is 79.0 Å². The molecule has 0 unspecified atom stereocenters. The molecule has 0 amide bonds. The average molecular weight is 317 g/mol. The molecule has 0 bridgehead atoms. The van der Waals surface area contributed by atoms with Crippen molar-refractivity contribution in [3.05, 3.63) is 84.3 Å². The zero-order valence-corrected chi connectivity index (χ0v) is 12.8. The number of hydrogen-bond acceptors (Lipinski definition) is 4. The van der Waals surface area contributed by atoms with Crippen molar-refractivity contribution in [2.24, 2.45) is 5.16 Å². The summed E-state index contributed by atoms with van der Waals surface area (Å²) >= 11 is 0. The van der Waals surface area contributed by atoms with Crippen LogP contribution in [0.5, 0.6) is 0 Å². The van der Waals surface area contributed by atoms with E-state index >= 15 is 0 Å². The molecule has 0 aliphatic carbocycles. The number of oxime groups is 1. The minimum atomic E-state index is 0.331. The van der Waals surface area contributed by atoms with E-state index in [2.05, 4.69) is 25.1 Å². The molecule has 0 saturated heterocycles. The van der Waals surface area contributed by atoms with Gasteiger partial charge in [-0.1, -0.05) is 35.5 Å². The largest absolute Gasteiger partial charge is 0.389 e. The molecule has 4 rings (SSSR count). The van der Waals surface area contributed by atoms with Crippen LogP contribution in [0.15, 0.2) is 72.5 Å². The Kier molecular flexibility index (Phi) is 3.77. The van der Waals surface area contributed by atoms with Crippen molar-refractivity contribution in [3.63, 3.8) is 0 Å². The van der Waals surface area contributed by atoms with E-state index in [4.69, 9.17) is 4.84 Å². The Bertz CT molecular complexity index is 924. The predicted octanol–water partition coefficient (Wildman–Crippen LogP) is 3.26. The summed E-state index contributed by atoms with van der Waals surface area (Å²) in [5.41, 5.74) is 4.43. The fourth-order valence-electron chi connectivity index (χ4n) is 2.48. The number of aromatic nitrogens is 4. The summed E-state index contributed by atoms with van der Waals surface area (Å²) < 4.78 is 0. The number of H-pyrrole nitrogens is 2. The first-order chi connectivity index (χ1) is 11.9. The van der Waals surface area contributed by atoms with Gasteiger partial charge in [-0.3, -0.25) is 4.98 Å². The first-order valence-electron chi connectivity index (χ1n) is 7.56. The van der Waals surface area contributed by atoms with Crippen molar-refractivity contribution in [2.45, 2.75) is 6.61 Å². The van der Waals surface area contributed by atoms with E-state index in [0.29, 0.717) is 6.61 Å². The van der Waals surface area contributed by atoms with Gasteiger partial charge in [-0.2, -0.15) is 0 Å². The van der Waals surface area contributed by atoms with E-state index in [1.165, 1.54) is 0 Å². The van der Waals surface area contributed by atoms with Gasteiger partial charge in [0.2, 0.25) is 0 Å². The minimum Gasteiger partial charge on any atom is -0.389 e. The Morgan fingerprint density at radius 3 is 2.79 bits per heavy atom. The molecule has 0 spiro atoms. The van der Waals surface area contributed by atoms with Crippen molar-refractivity contribution in [1.29, 1.82) is 0 Å². The maximum absolute atomic E-state index is 5.53. The van der Waals surface area contributed by atoms with Crippen molar-refractivity contribution in [3.8, 4) is 0 Å². The van der Waals surface area contributed by atoms with E-state index < -0.39 is 0 Å². The molecular weight excluding hydrogens is 302 g/mol. The fraction of sp³-hybridized carbons (Fsp3) is 0.0556. The lowest BCUT2D eigenvalue weighted by Crippen LogP contribution is -2.05.